The first kappa shape index (κ1) is 6.61. The molecule has 1 aromatic heterocycles. The van der Waals surface area contributed by atoms with Gasteiger partial charge in [0.2, 0.25) is 0 Å². The second-order valence-corrected chi connectivity index (χ2v) is 2.52. The third-order valence-corrected chi connectivity index (χ3v) is 1.57. The highest BCUT2D eigenvalue weighted by Gasteiger charge is 2.05. The van der Waals surface area contributed by atoms with Gasteiger partial charge >= 0.3 is 0 Å². The maximum absolute atomic E-state index is 12.9. The van der Waals surface area contributed by atoms with Gasteiger partial charge in [0.15, 0.2) is 17.8 Å². The van der Waals surface area contributed by atoms with Crippen LogP contribution >= 0.6 is 11.6 Å². The summed E-state index contributed by atoms with van der Waals surface area (Å²) in [7, 11) is 0. The van der Waals surface area contributed by atoms with Gasteiger partial charge in [-0.25, -0.2) is 9.37 Å². The maximum atomic E-state index is 12.9. The van der Waals surface area contributed by atoms with Gasteiger partial charge in [-0.1, -0.05) is 11.6 Å². The third-order valence-electron chi connectivity index (χ3n) is 1.35. The summed E-state index contributed by atoms with van der Waals surface area (Å²) in [6, 6.07) is 2.73. The van der Waals surface area contributed by atoms with Crippen molar-refractivity contribution in [1.29, 1.82) is 0 Å². The molecule has 0 aliphatic heterocycles. The van der Waals surface area contributed by atoms with Crippen LogP contribution in [0.3, 0.4) is 0 Å². The molecule has 2 rings (SSSR count). The standard InChI is InChI=1S/C7H3ClFNO/c8-4-1-5(9)7-6(2-4)10-3-11-7/h1-3H. The van der Waals surface area contributed by atoms with Crippen LogP contribution in [0.5, 0.6) is 0 Å². The summed E-state index contributed by atoms with van der Waals surface area (Å²) < 4.78 is 17.6. The molecule has 2 nitrogen and oxygen atoms in total. The number of fused-ring (bicyclic) bond motifs is 1. The number of oxazole rings is 1. The van der Waals surface area contributed by atoms with Gasteiger partial charge in [0.1, 0.15) is 5.52 Å². The van der Waals surface area contributed by atoms with Crippen LogP contribution < -0.4 is 0 Å². The summed E-state index contributed by atoms with van der Waals surface area (Å²) >= 11 is 5.56. The number of rotatable bonds is 0. The Morgan fingerprint density at radius 1 is 1.45 bits per heavy atom. The van der Waals surface area contributed by atoms with E-state index in [1.807, 2.05) is 0 Å². The van der Waals surface area contributed by atoms with E-state index in [2.05, 4.69) is 4.98 Å². The van der Waals surface area contributed by atoms with Crippen molar-refractivity contribution in [1.82, 2.24) is 4.98 Å². The first-order valence-corrected chi connectivity index (χ1v) is 3.33. The predicted molar refractivity (Wildman–Crippen MR) is 39.0 cm³/mol. The Morgan fingerprint density at radius 3 is 3.09 bits per heavy atom. The minimum atomic E-state index is -0.481. The van der Waals surface area contributed by atoms with E-state index >= 15 is 0 Å². The fraction of sp³-hybridized carbons (Fsp3) is 0. The quantitative estimate of drug-likeness (QED) is 0.609. The Balaban J connectivity index is 2.91. The first-order valence-electron chi connectivity index (χ1n) is 2.95. The summed E-state index contributed by atoms with van der Waals surface area (Å²) in [4.78, 5) is 3.75. The summed E-state index contributed by atoms with van der Waals surface area (Å²) in [6.07, 6.45) is 1.18. The van der Waals surface area contributed by atoms with E-state index in [0.29, 0.717) is 10.5 Å². The van der Waals surface area contributed by atoms with Crippen molar-refractivity contribution >= 4 is 22.7 Å². The molecule has 1 aromatic carbocycles. The van der Waals surface area contributed by atoms with Crippen molar-refractivity contribution in [3.05, 3.63) is 29.4 Å². The summed E-state index contributed by atoms with van der Waals surface area (Å²) in [5, 5.41) is 0.323. The minimum absolute atomic E-state index is 0.148. The molecule has 0 radical (unpaired) electrons. The molecule has 0 aliphatic carbocycles. The van der Waals surface area contributed by atoms with Crippen LogP contribution in [0.2, 0.25) is 5.02 Å². The highest BCUT2D eigenvalue weighted by molar-refractivity contribution is 6.31. The molecule has 0 N–H and O–H groups in total. The Kier molecular flexibility index (Phi) is 1.32. The highest BCUT2D eigenvalue weighted by Crippen LogP contribution is 2.21. The van der Waals surface area contributed by atoms with E-state index in [9.17, 15) is 4.39 Å². The molecule has 0 amide bonds. The van der Waals surface area contributed by atoms with Gasteiger partial charge < -0.3 is 4.42 Å². The first-order chi connectivity index (χ1) is 5.27. The molecular formula is C7H3ClFNO. The Hall–Kier alpha value is -1.09. The van der Waals surface area contributed by atoms with Crippen LogP contribution in [-0.2, 0) is 0 Å². The van der Waals surface area contributed by atoms with Gasteiger partial charge in [0.05, 0.1) is 0 Å². The zero-order valence-corrected chi connectivity index (χ0v) is 6.10. The normalized spacial score (nSPS) is 10.7. The van der Waals surface area contributed by atoms with Crippen LogP contribution in [0.1, 0.15) is 0 Å². The second kappa shape index (κ2) is 2.20. The van der Waals surface area contributed by atoms with Crippen LogP contribution in [0.25, 0.3) is 11.1 Å². The molecule has 0 saturated heterocycles. The van der Waals surface area contributed by atoms with E-state index in [0.717, 1.165) is 0 Å². The van der Waals surface area contributed by atoms with E-state index in [-0.39, 0.29) is 5.58 Å². The van der Waals surface area contributed by atoms with Gasteiger partial charge in [0.25, 0.3) is 0 Å². The van der Waals surface area contributed by atoms with E-state index in [1.54, 1.807) is 6.07 Å². The average molecular weight is 172 g/mol. The van der Waals surface area contributed by atoms with Crippen LogP contribution in [0.4, 0.5) is 4.39 Å². The van der Waals surface area contributed by atoms with Crippen molar-refractivity contribution in [2.45, 2.75) is 0 Å². The Labute approximate surface area is 66.6 Å². The van der Waals surface area contributed by atoms with Crippen molar-refractivity contribution in [2.24, 2.45) is 0 Å². The molecule has 0 bridgehead atoms. The van der Waals surface area contributed by atoms with Crippen molar-refractivity contribution in [3.63, 3.8) is 0 Å². The largest absolute Gasteiger partial charge is 0.440 e. The molecule has 0 unspecified atom stereocenters. The lowest BCUT2D eigenvalue weighted by Crippen LogP contribution is -1.75. The van der Waals surface area contributed by atoms with Crippen LogP contribution in [0, 0.1) is 5.82 Å². The number of hydrogen-bond acceptors (Lipinski definition) is 2. The predicted octanol–water partition coefficient (Wildman–Crippen LogP) is 2.62. The molecule has 56 valence electrons. The summed E-state index contributed by atoms with van der Waals surface area (Å²) in [5.41, 5.74) is 0.587. The second-order valence-electron chi connectivity index (χ2n) is 2.09. The highest BCUT2D eigenvalue weighted by atomic mass is 35.5. The van der Waals surface area contributed by atoms with Crippen LogP contribution in [-0.4, -0.2) is 4.98 Å². The molecule has 0 aliphatic rings. The van der Waals surface area contributed by atoms with E-state index in [4.69, 9.17) is 16.0 Å². The molecule has 1 heterocycles. The van der Waals surface area contributed by atoms with Crippen LogP contribution in [0.15, 0.2) is 22.9 Å². The van der Waals surface area contributed by atoms with Gasteiger partial charge in [-0.05, 0) is 12.1 Å². The molecule has 11 heavy (non-hydrogen) atoms. The smallest absolute Gasteiger partial charge is 0.190 e. The van der Waals surface area contributed by atoms with Gasteiger partial charge in [-0.15, -0.1) is 0 Å². The lowest BCUT2D eigenvalue weighted by Gasteiger charge is -1.89. The number of aromatic nitrogens is 1. The number of halogens is 2. The summed E-state index contributed by atoms with van der Waals surface area (Å²) in [6.45, 7) is 0. The molecule has 0 fully saturated rings. The van der Waals surface area contributed by atoms with Gasteiger partial charge in [-0.3, -0.25) is 0 Å². The molecule has 0 saturated carbocycles. The average Bonchev–Trinajstić information content (AvgIpc) is 2.34. The van der Waals surface area contributed by atoms with Crippen molar-refractivity contribution in [2.75, 3.05) is 0 Å². The lowest BCUT2D eigenvalue weighted by molar-refractivity contribution is 0.554. The molecule has 0 atom stereocenters. The molecule has 2 aromatic rings. The van der Waals surface area contributed by atoms with Crippen molar-refractivity contribution in [3.8, 4) is 0 Å². The zero-order valence-electron chi connectivity index (χ0n) is 5.34. The molecule has 0 spiro atoms. The van der Waals surface area contributed by atoms with Crippen molar-refractivity contribution < 1.29 is 8.81 Å². The number of nitrogens with zero attached hydrogens (tertiary/aromatic N) is 1. The topological polar surface area (TPSA) is 26.0 Å². The Bertz CT molecular complexity index is 398. The van der Waals surface area contributed by atoms with Gasteiger partial charge in [-0.2, -0.15) is 0 Å². The fourth-order valence-electron chi connectivity index (χ4n) is 0.895. The summed E-state index contributed by atoms with van der Waals surface area (Å²) in [5.74, 6) is -0.481. The monoisotopic (exact) mass is 171 g/mol. The van der Waals surface area contributed by atoms with Gasteiger partial charge in [0, 0.05) is 5.02 Å². The lowest BCUT2D eigenvalue weighted by atomic mass is 10.3. The van der Waals surface area contributed by atoms with E-state index in [1.165, 1.54) is 12.5 Å². The number of hydrogen-bond donors (Lipinski definition) is 0. The molecular weight excluding hydrogens is 169 g/mol. The van der Waals surface area contributed by atoms with E-state index < -0.39 is 5.82 Å². The SMILES string of the molecule is Fc1cc(Cl)cc2ncoc12. The maximum Gasteiger partial charge on any atom is 0.190 e. The fourth-order valence-corrected chi connectivity index (χ4v) is 1.09. The third kappa shape index (κ3) is 0.973. The zero-order chi connectivity index (χ0) is 7.84. The number of benzene rings is 1. The molecule has 4 heteroatoms. The Morgan fingerprint density at radius 2 is 2.27 bits per heavy atom. The minimum Gasteiger partial charge on any atom is -0.440 e.